The van der Waals surface area contributed by atoms with E-state index < -0.39 is 0 Å². The molecule has 1 aliphatic rings. The second kappa shape index (κ2) is 3.56. The van der Waals surface area contributed by atoms with Gasteiger partial charge >= 0.3 is 0 Å². The van der Waals surface area contributed by atoms with Crippen LogP contribution in [-0.2, 0) is 0 Å². The lowest BCUT2D eigenvalue weighted by molar-refractivity contribution is 0.541. The van der Waals surface area contributed by atoms with Crippen molar-refractivity contribution in [2.45, 2.75) is 26.2 Å². The number of nitrogens with zero attached hydrogens (tertiary/aromatic N) is 2. The Morgan fingerprint density at radius 2 is 2.07 bits per heavy atom. The van der Waals surface area contributed by atoms with Gasteiger partial charge in [-0.05, 0) is 24.5 Å². The molecule has 0 saturated carbocycles. The van der Waals surface area contributed by atoms with Crippen molar-refractivity contribution in [1.82, 2.24) is 4.98 Å². The van der Waals surface area contributed by atoms with Gasteiger partial charge in [-0.3, -0.25) is 0 Å². The smallest absolute Gasteiger partial charge is 0.236 e. The second-order valence-corrected chi connectivity index (χ2v) is 4.04. The molecular formula is C11H15FN2. The zero-order chi connectivity index (χ0) is 10.1. The maximum absolute atomic E-state index is 13.5. The van der Waals surface area contributed by atoms with Gasteiger partial charge in [-0.1, -0.05) is 13.8 Å². The van der Waals surface area contributed by atoms with Gasteiger partial charge in [0.05, 0.1) is 5.69 Å². The Morgan fingerprint density at radius 3 is 2.50 bits per heavy atom. The Bertz CT molecular complexity index is 332. The van der Waals surface area contributed by atoms with Crippen LogP contribution in [0.5, 0.6) is 0 Å². The molecule has 1 aliphatic heterocycles. The predicted octanol–water partition coefficient (Wildman–Crippen LogP) is 2.55. The molecular weight excluding hydrogens is 179 g/mol. The standard InChI is InChI=1S/C11H15FN2/c1-8(2)9-4-5-10(11(12)13-9)14-6-3-7-14/h4-5,8H,3,6-7H2,1-2H3. The summed E-state index contributed by atoms with van der Waals surface area (Å²) < 4.78 is 13.5. The summed E-state index contributed by atoms with van der Waals surface area (Å²) in [4.78, 5) is 5.99. The Balaban J connectivity index is 2.26. The van der Waals surface area contributed by atoms with Crippen molar-refractivity contribution in [3.05, 3.63) is 23.8 Å². The topological polar surface area (TPSA) is 16.1 Å². The van der Waals surface area contributed by atoms with Crippen LogP contribution in [0.3, 0.4) is 0 Å². The molecule has 76 valence electrons. The van der Waals surface area contributed by atoms with Gasteiger partial charge in [0.15, 0.2) is 0 Å². The molecule has 2 heterocycles. The van der Waals surface area contributed by atoms with Crippen LogP contribution in [0.25, 0.3) is 0 Å². The lowest BCUT2D eigenvalue weighted by Crippen LogP contribution is -2.37. The quantitative estimate of drug-likeness (QED) is 0.673. The third-order valence-electron chi connectivity index (χ3n) is 2.64. The number of aromatic nitrogens is 1. The van der Waals surface area contributed by atoms with E-state index in [0.29, 0.717) is 5.69 Å². The van der Waals surface area contributed by atoms with Crippen molar-refractivity contribution in [3.8, 4) is 0 Å². The highest BCUT2D eigenvalue weighted by Gasteiger charge is 2.19. The van der Waals surface area contributed by atoms with Crippen LogP contribution in [0, 0.1) is 5.95 Å². The molecule has 0 N–H and O–H groups in total. The van der Waals surface area contributed by atoms with Crippen LogP contribution in [-0.4, -0.2) is 18.1 Å². The summed E-state index contributed by atoms with van der Waals surface area (Å²) in [6, 6.07) is 3.76. The van der Waals surface area contributed by atoms with E-state index in [0.717, 1.165) is 25.2 Å². The maximum Gasteiger partial charge on any atom is 0.236 e. The van der Waals surface area contributed by atoms with Crippen LogP contribution in [0.15, 0.2) is 12.1 Å². The summed E-state index contributed by atoms with van der Waals surface area (Å²) in [5.41, 5.74) is 1.48. The van der Waals surface area contributed by atoms with Gasteiger partial charge in [0, 0.05) is 18.8 Å². The molecule has 1 aromatic heterocycles. The lowest BCUT2D eigenvalue weighted by Gasteiger charge is -2.33. The number of hydrogen-bond donors (Lipinski definition) is 0. The lowest BCUT2D eigenvalue weighted by atomic mass is 10.1. The average molecular weight is 194 g/mol. The summed E-state index contributed by atoms with van der Waals surface area (Å²) in [5.74, 6) is -0.0363. The minimum atomic E-state index is -0.323. The fourth-order valence-electron chi connectivity index (χ4n) is 1.56. The molecule has 0 aromatic carbocycles. The van der Waals surface area contributed by atoms with Crippen molar-refractivity contribution in [1.29, 1.82) is 0 Å². The highest BCUT2D eigenvalue weighted by atomic mass is 19.1. The van der Waals surface area contributed by atoms with Crippen LogP contribution in [0.4, 0.5) is 10.1 Å². The summed E-state index contributed by atoms with van der Waals surface area (Å²) in [5, 5.41) is 0. The van der Waals surface area contributed by atoms with Gasteiger partial charge < -0.3 is 4.90 Å². The van der Waals surface area contributed by atoms with E-state index in [2.05, 4.69) is 4.98 Å². The van der Waals surface area contributed by atoms with Crippen molar-refractivity contribution in [2.24, 2.45) is 0 Å². The number of halogens is 1. The van der Waals surface area contributed by atoms with Crippen molar-refractivity contribution >= 4 is 5.69 Å². The summed E-state index contributed by atoms with van der Waals surface area (Å²) >= 11 is 0. The Hall–Kier alpha value is -1.12. The second-order valence-electron chi connectivity index (χ2n) is 4.04. The Kier molecular flexibility index (Phi) is 2.40. The van der Waals surface area contributed by atoms with Crippen LogP contribution in [0.1, 0.15) is 31.9 Å². The SMILES string of the molecule is CC(C)c1ccc(N2CCC2)c(F)n1. The normalized spacial score (nSPS) is 15.9. The fourth-order valence-corrected chi connectivity index (χ4v) is 1.56. The highest BCUT2D eigenvalue weighted by molar-refractivity contribution is 5.48. The molecule has 0 spiro atoms. The van der Waals surface area contributed by atoms with E-state index in [-0.39, 0.29) is 11.9 Å². The minimum Gasteiger partial charge on any atom is -0.368 e. The molecule has 0 atom stereocenters. The van der Waals surface area contributed by atoms with E-state index in [1.807, 2.05) is 30.9 Å². The number of hydrogen-bond acceptors (Lipinski definition) is 2. The zero-order valence-corrected chi connectivity index (χ0v) is 8.63. The molecule has 2 rings (SSSR count). The fraction of sp³-hybridized carbons (Fsp3) is 0.545. The Labute approximate surface area is 83.8 Å². The van der Waals surface area contributed by atoms with Gasteiger partial charge in [0.25, 0.3) is 0 Å². The molecule has 0 bridgehead atoms. The van der Waals surface area contributed by atoms with Crippen molar-refractivity contribution in [2.75, 3.05) is 18.0 Å². The molecule has 3 heteroatoms. The van der Waals surface area contributed by atoms with Crippen LogP contribution in [0.2, 0.25) is 0 Å². The first-order chi connectivity index (χ1) is 6.68. The zero-order valence-electron chi connectivity index (χ0n) is 8.63. The maximum atomic E-state index is 13.5. The van der Waals surface area contributed by atoms with Gasteiger partial charge in [0.2, 0.25) is 5.95 Å². The van der Waals surface area contributed by atoms with Crippen LogP contribution >= 0.6 is 0 Å². The Morgan fingerprint density at radius 1 is 1.36 bits per heavy atom. The summed E-state index contributed by atoms with van der Waals surface area (Å²) in [7, 11) is 0. The minimum absolute atomic E-state index is 0.287. The van der Waals surface area contributed by atoms with Crippen molar-refractivity contribution in [3.63, 3.8) is 0 Å². The van der Waals surface area contributed by atoms with Gasteiger partial charge in [-0.15, -0.1) is 0 Å². The van der Waals surface area contributed by atoms with Crippen molar-refractivity contribution < 1.29 is 4.39 Å². The molecule has 0 unspecified atom stereocenters. The highest BCUT2D eigenvalue weighted by Crippen LogP contribution is 2.24. The molecule has 1 aromatic rings. The van der Waals surface area contributed by atoms with Crippen LogP contribution < -0.4 is 4.90 Å². The monoisotopic (exact) mass is 194 g/mol. The predicted molar refractivity (Wildman–Crippen MR) is 55.1 cm³/mol. The summed E-state index contributed by atoms with van der Waals surface area (Å²) in [6.45, 7) is 5.95. The van der Waals surface area contributed by atoms with E-state index in [1.165, 1.54) is 0 Å². The van der Waals surface area contributed by atoms with Gasteiger partial charge in [-0.25, -0.2) is 4.98 Å². The summed E-state index contributed by atoms with van der Waals surface area (Å²) in [6.07, 6.45) is 1.16. The molecule has 1 fully saturated rings. The number of pyridine rings is 1. The molecule has 14 heavy (non-hydrogen) atoms. The largest absolute Gasteiger partial charge is 0.368 e. The van der Waals surface area contributed by atoms with E-state index >= 15 is 0 Å². The molecule has 2 nitrogen and oxygen atoms in total. The van der Waals surface area contributed by atoms with E-state index in [4.69, 9.17) is 0 Å². The third-order valence-corrected chi connectivity index (χ3v) is 2.64. The number of anilines is 1. The number of rotatable bonds is 2. The molecule has 0 amide bonds. The first-order valence-electron chi connectivity index (χ1n) is 5.10. The molecule has 1 saturated heterocycles. The van der Waals surface area contributed by atoms with E-state index in [9.17, 15) is 4.39 Å². The van der Waals surface area contributed by atoms with Gasteiger partial charge in [0.1, 0.15) is 0 Å². The van der Waals surface area contributed by atoms with Gasteiger partial charge in [-0.2, -0.15) is 4.39 Å². The van der Waals surface area contributed by atoms with E-state index in [1.54, 1.807) is 0 Å². The first kappa shape index (κ1) is 9.44. The first-order valence-corrected chi connectivity index (χ1v) is 5.10. The molecule has 0 radical (unpaired) electrons. The third kappa shape index (κ3) is 1.59. The average Bonchev–Trinajstić information content (AvgIpc) is 2.04. The molecule has 0 aliphatic carbocycles.